The minimum Gasteiger partial charge on any atom is -0.508 e. The van der Waals surface area contributed by atoms with Crippen LogP contribution in [0.4, 0.5) is 0 Å². The first-order chi connectivity index (χ1) is 6.59. The standard InChI is InChI=1S/C8H7N3O3/c1-4(12)11-6-2-5(13)3-7(14)8(6)9-10-11/h2-3,13-14H,1H3. The summed E-state index contributed by atoms with van der Waals surface area (Å²) >= 11 is 0. The van der Waals surface area contributed by atoms with E-state index in [9.17, 15) is 15.0 Å². The lowest BCUT2D eigenvalue weighted by molar-refractivity contribution is 0.0924. The lowest BCUT2D eigenvalue weighted by atomic mass is 10.2. The molecule has 0 spiro atoms. The molecule has 0 saturated carbocycles. The molecule has 0 aliphatic heterocycles. The van der Waals surface area contributed by atoms with Crippen molar-refractivity contribution in [2.45, 2.75) is 6.92 Å². The lowest BCUT2D eigenvalue weighted by Gasteiger charge is -1.97. The molecule has 1 aromatic heterocycles. The van der Waals surface area contributed by atoms with Crippen LogP contribution in [-0.4, -0.2) is 31.1 Å². The van der Waals surface area contributed by atoms with Gasteiger partial charge < -0.3 is 10.2 Å². The molecule has 2 aromatic rings. The number of aromatic nitrogens is 3. The van der Waals surface area contributed by atoms with Gasteiger partial charge in [0.2, 0.25) is 5.91 Å². The molecular formula is C8H7N3O3. The number of phenols is 2. The van der Waals surface area contributed by atoms with E-state index in [0.29, 0.717) is 0 Å². The summed E-state index contributed by atoms with van der Waals surface area (Å²) in [5.41, 5.74) is 0.480. The Hall–Kier alpha value is -2.11. The van der Waals surface area contributed by atoms with Crippen LogP contribution in [0.2, 0.25) is 0 Å². The van der Waals surface area contributed by atoms with Gasteiger partial charge >= 0.3 is 0 Å². The summed E-state index contributed by atoms with van der Waals surface area (Å²) < 4.78 is 1.01. The van der Waals surface area contributed by atoms with Crippen LogP contribution in [0, 0.1) is 0 Å². The van der Waals surface area contributed by atoms with Gasteiger partial charge in [-0.3, -0.25) is 4.79 Å². The Morgan fingerprint density at radius 2 is 2.14 bits per heavy atom. The van der Waals surface area contributed by atoms with E-state index in [1.165, 1.54) is 13.0 Å². The third-order valence-electron chi connectivity index (χ3n) is 1.82. The highest BCUT2D eigenvalue weighted by Crippen LogP contribution is 2.27. The van der Waals surface area contributed by atoms with E-state index in [4.69, 9.17) is 0 Å². The van der Waals surface area contributed by atoms with Gasteiger partial charge in [0.15, 0.2) is 5.52 Å². The Kier molecular flexibility index (Phi) is 1.63. The number of carbonyl (C=O) groups excluding carboxylic acids is 1. The number of benzene rings is 1. The molecule has 14 heavy (non-hydrogen) atoms. The summed E-state index contributed by atoms with van der Waals surface area (Å²) in [5.74, 6) is -0.676. The molecule has 0 radical (unpaired) electrons. The van der Waals surface area contributed by atoms with Crippen molar-refractivity contribution in [3.05, 3.63) is 12.1 Å². The number of fused-ring (bicyclic) bond motifs is 1. The van der Waals surface area contributed by atoms with Gasteiger partial charge in [0, 0.05) is 19.1 Å². The topological polar surface area (TPSA) is 88.2 Å². The first kappa shape index (κ1) is 8.49. The predicted molar refractivity (Wildman–Crippen MR) is 47.2 cm³/mol. The first-order valence-electron chi connectivity index (χ1n) is 3.88. The van der Waals surface area contributed by atoms with Crippen molar-refractivity contribution in [1.29, 1.82) is 0 Å². The molecule has 0 amide bonds. The van der Waals surface area contributed by atoms with Crippen LogP contribution in [0.25, 0.3) is 11.0 Å². The maximum Gasteiger partial charge on any atom is 0.245 e. The number of rotatable bonds is 0. The lowest BCUT2D eigenvalue weighted by Crippen LogP contribution is -2.06. The Labute approximate surface area is 78.4 Å². The van der Waals surface area contributed by atoms with Gasteiger partial charge in [-0.05, 0) is 0 Å². The van der Waals surface area contributed by atoms with Crippen LogP contribution >= 0.6 is 0 Å². The minimum atomic E-state index is -0.336. The molecule has 2 N–H and O–H groups in total. The molecule has 72 valence electrons. The van der Waals surface area contributed by atoms with Crippen LogP contribution in [0.1, 0.15) is 11.7 Å². The van der Waals surface area contributed by atoms with Crippen LogP contribution in [0.5, 0.6) is 11.5 Å². The number of aromatic hydroxyl groups is 2. The normalized spacial score (nSPS) is 10.6. The summed E-state index contributed by atoms with van der Waals surface area (Å²) in [6, 6.07) is 2.46. The monoisotopic (exact) mass is 193 g/mol. The molecule has 0 aliphatic carbocycles. The first-order valence-corrected chi connectivity index (χ1v) is 3.88. The van der Waals surface area contributed by atoms with Crippen LogP contribution in [0.15, 0.2) is 12.1 Å². The summed E-state index contributed by atoms with van der Waals surface area (Å²) in [4.78, 5) is 11.0. The molecule has 6 nitrogen and oxygen atoms in total. The van der Waals surface area contributed by atoms with Gasteiger partial charge in [-0.25, -0.2) is 0 Å². The predicted octanol–water partition coefficient (Wildman–Crippen LogP) is 0.503. The largest absolute Gasteiger partial charge is 0.508 e. The summed E-state index contributed by atoms with van der Waals surface area (Å²) in [7, 11) is 0. The molecule has 0 aliphatic rings. The second-order valence-electron chi connectivity index (χ2n) is 2.85. The van der Waals surface area contributed by atoms with Crippen LogP contribution in [0.3, 0.4) is 0 Å². The molecule has 0 unspecified atom stereocenters. The molecule has 0 bridgehead atoms. The Balaban J connectivity index is 2.85. The highest BCUT2D eigenvalue weighted by Gasteiger charge is 2.12. The van der Waals surface area contributed by atoms with Crippen molar-refractivity contribution in [2.24, 2.45) is 0 Å². The van der Waals surface area contributed by atoms with Gasteiger partial charge in [0.1, 0.15) is 17.0 Å². The van der Waals surface area contributed by atoms with Crippen LogP contribution in [-0.2, 0) is 0 Å². The van der Waals surface area contributed by atoms with Crippen molar-refractivity contribution in [3.8, 4) is 11.5 Å². The third kappa shape index (κ3) is 1.08. The molecular weight excluding hydrogens is 186 g/mol. The third-order valence-corrected chi connectivity index (χ3v) is 1.82. The summed E-state index contributed by atoms with van der Waals surface area (Å²) in [6.07, 6.45) is 0. The van der Waals surface area contributed by atoms with Crippen molar-refractivity contribution >= 4 is 16.9 Å². The molecule has 6 heteroatoms. The molecule has 0 fully saturated rings. The zero-order valence-electron chi connectivity index (χ0n) is 7.30. The SMILES string of the molecule is CC(=O)n1nnc2c(O)cc(O)cc21. The average Bonchev–Trinajstić information content (AvgIpc) is 2.47. The van der Waals surface area contributed by atoms with Crippen molar-refractivity contribution in [1.82, 2.24) is 15.0 Å². The molecule has 1 heterocycles. The second kappa shape index (κ2) is 2.69. The van der Waals surface area contributed by atoms with Crippen molar-refractivity contribution in [2.75, 3.05) is 0 Å². The number of hydrogen-bond donors (Lipinski definition) is 2. The van der Waals surface area contributed by atoms with E-state index < -0.39 is 0 Å². The van der Waals surface area contributed by atoms with Crippen molar-refractivity contribution < 1.29 is 15.0 Å². The van der Waals surface area contributed by atoms with E-state index in [2.05, 4.69) is 10.3 Å². The molecule has 0 atom stereocenters. The number of carbonyl (C=O) groups is 1. The number of nitrogens with zero attached hydrogens (tertiary/aromatic N) is 3. The maximum absolute atomic E-state index is 11.0. The fourth-order valence-corrected chi connectivity index (χ4v) is 1.22. The minimum absolute atomic E-state index is 0.139. The molecule has 2 rings (SSSR count). The average molecular weight is 193 g/mol. The van der Waals surface area contributed by atoms with Gasteiger partial charge in [-0.2, -0.15) is 4.68 Å². The van der Waals surface area contributed by atoms with Gasteiger partial charge in [0.05, 0.1) is 0 Å². The Morgan fingerprint density at radius 3 is 2.79 bits per heavy atom. The quantitative estimate of drug-likeness (QED) is 0.636. The van der Waals surface area contributed by atoms with E-state index in [-0.39, 0.29) is 28.4 Å². The van der Waals surface area contributed by atoms with E-state index >= 15 is 0 Å². The molecule has 1 aromatic carbocycles. The summed E-state index contributed by atoms with van der Waals surface area (Å²) in [6.45, 7) is 1.31. The van der Waals surface area contributed by atoms with Crippen LogP contribution < -0.4 is 0 Å². The molecule has 0 saturated heterocycles. The zero-order chi connectivity index (χ0) is 10.3. The number of hydrogen-bond acceptors (Lipinski definition) is 5. The second-order valence-corrected chi connectivity index (χ2v) is 2.85. The zero-order valence-corrected chi connectivity index (χ0v) is 7.30. The smallest absolute Gasteiger partial charge is 0.245 e. The van der Waals surface area contributed by atoms with E-state index in [1.54, 1.807) is 0 Å². The summed E-state index contributed by atoms with van der Waals surface area (Å²) in [5, 5.41) is 25.7. The Morgan fingerprint density at radius 1 is 1.43 bits per heavy atom. The number of phenolic OH excluding ortho intramolecular Hbond substituents is 2. The highest BCUT2D eigenvalue weighted by atomic mass is 16.3. The van der Waals surface area contributed by atoms with Crippen molar-refractivity contribution in [3.63, 3.8) is 0 Å². The van der Waals surface area contributed by atoms with Gasteiger partial charge in [-0.1, -0.05) is 5.21 Å². The maximum atomic E-state index is 11.0. The Bertz CT molecular complexity index is 518. The fraction of sp³-hybridized carbons (Fsp3) is 0.125. The highest BCUT2D eigenvalue weighted by molar-refractivity contribution is 5.91. The van der Waals surface area contributed by atoms with Gasteiger partial charge in [0.25, 0.3) is 0 Å². The van der Waals surface area contributed by atoms with E-state index in [0.717, 1.165) is 10.7 Å². The van der Waals surface area contributed by atoms with Gasteiger partial charge in [-0.15, -0.1) is 5.10 Å². The van der Waals surface area contributed by atoms with E-state index in [1.807, 2.05) is 0 Å². The fourth-order valence-electron chi connectivity index (χ4n) is 1.22.